The molecule has 2 aliphatic rings. The molecule has 2 aliphatic carbocycles. The first-order chi connectivity index (χ1) is 15.0. The fourth-order valence-electron chi connectivity index (χ4n) is 5.65. The van der Waals surface area contributed by atoms with E-state index in [-0.39, 0.29) is 0 Å². The third kappa shape index (κ3) is 5.96. The van der Waals surface area contributed by atoms with Gasteiger partial charge in [0, 0.05) is 6.42 Å². The van der Waals surface area contributed by atoms with Gasteiger partial charge >= 0.3 is 0 Å². The summed E-state index contributed by atoms with van der Waals surface area (Å²) < 4.78 is 29.6. The zero-order valence-electron chi connectivity index (χ0n) is 19.3. The molecule has 0 bridgehead atoms. The quantitative estimate of drug-likeness (QED) is 0.437. The predicted octanol–water partition coefficient (Wildman–Crippen LogP) is 8.29. The highest BCUT2D eigenvalue weighted by Crippen LogP contribution is 2.33. The number of hydrogen-bond donors (Lipinski definition) is 0. The topological polar surface area (TPSA) is 0 Å². The fourth-order valence-corrected chi connectivity index (χ4v) is 5.65. The van der Waals surface area contributed by atoms with Gasteiger partial charge in [-0.1, -0.05) is 75.9 Å². The normalized spacial score (nSPS) is 26.7. The minimum absolute atomic E-state index is 0.450. The second-order valence-electron chi connectivity index (χ2n) is 10.7. The molecule has 168 valence electrons. The summed E-state index contributed by atoms with van der Waals surface area (Å²) in [5, 5.41) is 0. The highest BCUT2D eigenvalue weighted by Gasteiger charge is 2.22. The minimum atomic E-state index is -0.651. The molecule has 0 atom stereocenters. The molecule has 0 unspecified atom stereocenters. The van der Waals surface area contributed by atoms with E-state index in [0.29, 0.717) is 29.9 Å². The van der Waals surface area contributed by atoms with Gasteiger partial charge in [0.25, 0.3) is 0 Å². The summed E-state index contributed by atoms with van der Waals surface area (Å²) in [5.74, 6) is 1.68. The second-order valence-corrected chi connectivity index (χ2v) is 10.7. The summed E-state index contributed by atoms with van der Waals surface area (Å²) in [5.41, 5.74) is 3.44. The Hall–Kier alpha value is -1.70. The van der Waals surface area contributed by atoms with Crippen molar-refractivity contribution >= 4 is 0 Å². The lowest BCUT2D eigenvalue weighted by Crippen LogP contribution is -2.15. The SMILES string of the molecule is CC1CCC(Cc2ccc(Cc3ccc(CC4CCC(C)CC4)c(F)c3F)cc2)CC1. The van der Waals surface area contributed by atoms with Crippen LogP contribution in [-0.4, -0.2) is 0 Å². The molecule has 0 amide bonds. The van der Waals surface area contributed by atoms with E-state index in [0.717, 1.165) is 42.6 Å². The molecule has 0 radical (unpaired) electrons. The van der Waals surface area contributed by atoms with Gasteiger partial charge in [-0.3, -0.25) is 0 Å². The van der Waals surface area contributed by atoms with Crippen molar-refractivity contribution < 1.29 is 8.78 Å². The zero-order valence-corrected chi connectivity index (χ0v) is 19.3. The zero-order chi connectivity index (χ0) is 21.8. The number of hydrogen-bond acceptors (Lipinski definition) is 0. The standard InChI is InChI=1S/C29H38F2/c1-20-3-7-22(8-4-20)17-23-11-13-25(14-12-23)19-27-16-15-26(28(30)29(27)31)18-24-9-5-21(2)6-10-24/h11-16,20-22,24H,3-10,17-19H2,1-2H3. The van der Waals surface area contributed by atoms with Crippen LogP contribution in [-0.2, 0) is 19.3 Å². The molecule has 0 N–H and O–H groups in total. The van der Waals surface area contributed by atoms with Crippen LogP contribution in [0.3, 0.4) is 0 Å². The first-order valence-corrected chi connectivity index (χ1v) is 12.5. The molecule has 2 aromatic rings. The molecular weight excluding hydrogens is 386 g/mol. The number of rotatable bonds is 6. The van der Waals surface area contributed by atoms with E-state index in [4.69, 9.17) is 0 Å². The van der Waals surface area contributed by atoms with Crippen molar-refractivity contribution in [1.82, 2.24) is 0 Å². The predicted molar refractivity (Wildman–Crippen MR) is 125 cm³/mol. The first kappa shape index (κ1) is 22.5. The summed E-state index contributed by atoms with van der Waals surface area (Å²) in [6, 6.07) is 12.2. The average molecular weight is 425 g/mol. The fraction of sp³-hybridized carbons (Fsp3) is 0.586. The third-order valence-corrected chi connectivity index (χ3v) is 7.96. The summed E-state index contributed by atoms with van der Waals surface area (Å²) in [6.07, 6.45) is 12.3. The van der Waals surface area contributed by atoms with Crippen LogP contribution in [0.2, 0.25) is 0 Å². The van der Waals surface area contributed by atoms with E-state index in [2.05, 4.69) is 38.1 Å². The maximum atomic E-state index is 14.8. The molecule has 0 aromatic heterocycles. The molecular formula is C29H38F2. The number of halogens is 2. The van der Waals surface area contributed by atoms with Gasteiger partial charge in [-0.15, -0.1) is 0 Å². The average Bonchev–Trinajstić information content (AvgIpc) is 2.78. The van der Waals surface area contributed by atoms with E-state index >= 15 is 0 Å². The molecule has 2 fully saturated rings. The van der Waals surface area contributed by atoms with Gasteiger partial charge in [0.15, 0.2) is 11.6 Å². The Balaban J connectivity index is 1.36. The van der Waals surface area contributed by atoms with Crippen LogP contribution in [0, 0.1) is 35.3 Å². The molecule has 0 heterocycles. The summed E-state index contributed by atoms with van der Waals surface area (Å²) in [4.78, 5) is 0. The van der Waals surface area contributed by atoms with Crippen molar-refractivity contribution in [3.63, 3.8) is 0 Å². The lowest BCUT2D eigenvalue weighted by molar-refractivity contribution is 0.286. The van der Waals surface area contributed by atoms with E-state index in [1.165, 1.54) is 44.1 Å². The second kappa shape index (κ2) is 10.3. The van der Waals surface area contributed by atoms with Crippen LogP contribution in [0.4, 0.5) is 8.78 Å². The van der Waals surface area contributed by atoms with Crippen LogP contribution in [0.1, 0.15) is 87.5 Å². The molecule has 31 heavy (non-hydrogen) atoms. The van der Waals surface area contributed by atoms with E-state index in [1.54, 1.807) is 6.07 Å². The maximum Gasteiger partial charge on any atom is 0.162 e. The molecule has 0 saturated heterocycles. The Morgan fingerprint density at radius 1 is 0.581 bits per heavy atom. The summed E-state index contributed by atoms with van der Waals surface area (Å²) in [7, 11) is 0. The van der Waals surface area contributed by atoms with E-state index in [9.17, 15) is 8.78 Å². The lowest BCUT2D eigenvalue weighted by Gasteiger charge is -2.26. The van der Waals surface area contributed by atoms with Crippen molar-refractivity contribution in [3.8, 4) is 0 Å². The maximum absolute atomic E-state index is 14.8. The lowest BCUT2D eigenvalue weighted by atomic mass is 9.80. The van der Waals surface area contributed by atoms with Gasteiger partial charge in [0.05, 0.1) is 0 Å². The molecule has 0 nitrogen and oxygen atoms in total. The van der Waals surface area contributed by atoms with Crippen LogP contribution in [0.15, 0.2) is 36.4 Å². The third-order valence-electron chi connectivity index (χ3n) is 7.96. The Labute approximate surface area is 187 Å². The van der Waals surface area contributed by atoms with E-state index < -0.39 is 11.6 Å². The van der Waals surface area contributed by atoms with Crippen molar-refractivity contribution in [2.45, 2.75) is 84.5 Å². The van der Waals surface area contributed by atoms with Gasteiger partial charge in [-0.25, -0.2) is 8.78 Å². The molecule has 0 aliphatic heterocycles. The highest BCUT2D eigenvalue weighted by atomic mass is 19.2. The molecule has 2 aromatic carbocycles. The Morgan fingerprint density at radius 3 is 1.61 bits per heavy atom. The largest absolute Gasteiger partial charge is 0.203 e. The van der Waals surface area contributed by atoms with Crippen molar-refractivity contribution in [2.75, 3.05) is 0 Å². The monoisotopic (exact) mass is 424 g/mol. The van der Waals surface area contributed by atoms with Gasteiger partial charge in [-0.05, 0) is 84.5 Å². The smallest absolute Gasteiger partial charge is 0.162 e. The molecule has 2 saturated carbocycles. The molecule has 0 spiro atoms. The molecule has 4 rings (SSSR count). The number of benzene rings is 2. The van der Waals surface area contributed by atoms with E-state index in [1.807, 2.05) is 6.07 Å². The molecule has 2 heteroatoms. The first-order valence-electron chi connectivity index (χ1n) is 12.5. The van der Waals surface area contributed by atoms with Gasteiger partial charge in [0.1, 0.15) is 0 Å². The Morgan fingerprint density at radius 2 is 1.03 bits per heavy atom. The van der Waals surface area contributed by atoms with Crippen LogP contribution in [0.5, 0.6) is 0 Å². The van der Waals surface area contributed by atoms with Crippen molar-refractivity contribution in [2.24, 2.45) is 23.7 Å². The summed E-state index contributed by atoms with van der Waals surface area (Å²) >= 11 is 0. The van der Waals surface area contributed by atoms with Gasteiger partial charge in [0.2, 0.25) is 0 Å². The van der Waals surface area contributed by atoms with Crippen LogP contribution in [0.25, 0.3) is 0 Å². The van der Waals surface area contributed by atoms with Crippen LogP contribution >= 0.6 is 0 Å². The Kier molecular flexibility index (Phi) is 7.46. The summed E-state index contributed by atoms with van der Waals surface area (Å²) in [6.45, 7) is 4.64. The highest BCUT2D eigenvalue weighted by molar-refractivity contribution is 5.33. The van der Waals surface area contributed by atoms with Crippen molar-refractivity contribution in [3.05, 3.63) is 70.3 Å². The van der Waals surface area contributed by atoms with Gasteiger partial charge in [-0.2, -0.15) is 0 Å². The van der Waals surface area contributed by atoms with Crippen molar-refractivity contribution in [1.29, 1.82) is 0 Å². The van der Waals surface area contributed by atoms with Crippen LogP contribution < -0.4 is 0 Å². The minimum Gasteiger partial charge on any atom is -0.203 e. The Bertz CT molecular complexity index is 838. The van der Waals surface area contributed by atoms with Gasteiger partial charge < -0.3 is 0 Å².